The molecule has 70 valence electrons. The second kappa shape index (κ2) is 3.46. The van der Waals surface area contributed by atoms with Gasteiger partial charge < -0.3 is 4.74 Å². The molecule has 3 heteroatoms. The zero-order valence-electron chi connectivity index (χ0n) is 7.73. The average Bonchev–Trinajstić information content (AvgIpc) is 2.17. The van der Waals surface area contributed by atoms with E-state index in [1.54, 1.807) is 24.5 Å². The van der Waals surface area contributed by atoms with Gasteiger partial charge in [0.25, 0.3) is 0 Å². The lowest BCUT2D eigenvalue weighted by molar-refractivity contribution is -0.131. The summed E-state index contributed by atoms with van der Waals surface area (Å²) in [5.74, 6) is 0.242. The highest BCUT2D eigenvalue weighted by Crippen LogP contribution is 2.19. The molecular weight excluding hydrogens is 178 g/mol. The van der Waals surface area contributed by atoms with Crippen molar-refractivity contribution < 1.29 is 9.53 Å². The Balaban J connectivity index is 2.46. The standard InChI is InChI=1S/C11H9NO2/c1-8(13)14-11-3-2-9-4-5-12-7-10(9)6-11/h2-7H,1H3. The molecule has 0 unspecified atom stereocenters. The Hall–Kier alpha value is -1.90. The first kappa shape index (κ1) is 8.69. The van der Waals surface area contributed by atoms with Crippen LogP contribution in [0.15, 0.2) is 36.7 Å². The van der Waals surface area contributed by atoms with Gasteiger partial charge in [-0.1, -0.05) is 6.07 Å². The molecular formula is C11H9NO2. The maximum atomic E-state index is 10.7. The Morgan fingerprint density at radius 3 is 2.93 bits per heavy atom. The van der Waals surface area contributed by atoms with Gasteiger partial charge in [0.05, 0.1) is 0 Å². The number of benzene rings is 1. The largest absolute Gasteiger partial charge is 0.427 e. The van der Waals surface area contributed by atoms with Crippen LogP contribution in [0.25, 0.3) is 10.8 Å². The molecule has 1 heterocycles. The van der Waals surface area contributed by atoms with Crippen molar-refractivity contribution in [3.8, 4) is 5.75 Å². The van der Waals surface area contributed by atoms with E-state index in [-0.39, 0.29) is 5.97 Å². The van der Waals surface area contributed by atoms with Crippen molar-refractivity contribution in [1.82, 2.24) is 4.98 Å². The molecule has 2 rings (SSSR count). The Morgan fingerprint density at radius 1 is 1.29 bits per heavy atom. The van der Waals surface area contributed by atoms with Gasteiger partial charge in [-0.15, -0.1) is 0 Å². The zero-order valence-corrected chi connectivity index (χ0v) is 7.73. The summed E-state index contributed by atoms with van der Waals surface area (Å²) < 4.78 is 4.96. The molecule has 1 aromatic carbocycles. The Morgan fingerprint density at radius 2 is 2.14 bits per heavy atom. The lowest BCUT2D eigenvalue weighted by Crippen LogP contribution is -2.00. The second-order valence-electron chi connectivity index (χ2n) is 2.98. The molecule has 0 aliphatic rings. The van der Waals surface area contributed by atoms with Crippen molar-refractivity contribution in [2.45, 2.75) is 6.92 Å². The highest BCUT2D eigenvalue weighted by Gasteiger charge is 1.99. The van der Waals surface area contributed by atoms with Crippen LogP contribution in [0.3, 0.4) is 0 Å². The van der Waals surface area contributed by atoms with Crippen molar-refractivity contribution in [2.24, 2.45) is 0 Å². The number of aromatic nitrogens is 1. The predicted molar refractivity (Wildman–Crippen MR) is 53.1 cm³/mol. The number of ether oxygens (including phenoxy) is 1. The Labute approximate surface area is 81.3 Å². The molecule has 3 nitrogen and oxygen atoms in total. The minimum absolute atomic E-state index is 0.312. The number of esters is 1. The smallest absolute Gasteiger partial charge is 0.308 e. The highest BCUT2D eigenvalue weighted by atomic mass is 16.5. The first-order chi connectivity index (χ1) is 6.75. The fourth-order valence-corrected chi connectivity index (χ4v) is 1.29. The summed E-state index contributed by atoms with van der Waals surface area (Å²) in [4.78, 5) is 14.7. The van der Waals surface area contributed by atoms with Crippen LogP contribution >= 0.6 is 0 Å². The maximum absolute atomic E-state index is 10.7. The summed E-state index contributed by atoms with van der Waals surface area (Å²) in [6.07, 6.45) is 3.47. The van der Waals surface area contributed by atoms with Crippen LogP contribution in [0.2, 0.25) is 0 Å². The van der Waals surface area contributed by atoms with Gasteiger partial charge >= 0.3 is 5.97 Å². The molecule has 0 radical (unpaired) electrons. The fourth-order valence-electron chi connectivity index (χ4n) is 1.29. The van der Waals surface area contributed by atoms with Gasteiger partial charge in [0, 0.05) is 24.7 Å². The number of hydrogen-bond acceptors (Lipinski definition) is 3. The molecule has 0 saturated heterocycles. The van der Waals surface area contributed by atoms with E-state index in [1.165, 1.54) is 6.92 Å². The van der Waals surface area contributed by atoms with E-state index in [1.807, 2.05) is 12.1 Å². The van der Waals surface area contributed by atoms with Gasteiger partial charge in [0.1, 0.15) is 5.75 Å². The van der Waals surface area contributed by atoms with Crippen LogP contribution < -0.4 is 4.74 Å². The molecule has 14 heavy (non-hydrogen) atoms. The molecule has 0 aliphatic carbocycles. The van der Waals surface area contributed by atoms with Crippen molar-refractivity contribution in [2.75, 3.05) is 0 Å². The second-order valence-corrected chi connectivity index (χ2v) is 2.98. The first-order valence-electron chi connectivity index (χ1n) is 4.28. The molecule has 2 aromatic rings. The first-order valence-corrected chi connectivity index (χ1v) is 4.28. The third-order valence-corrected chi connectivity index (χ3v) is 1.87. The monoisotopic (exact) mass is 187 g/mol. The lowest BCUT2D eigenvalue weighted by Gasteiger charge is -2.02. The number of pyridine rings is 1. The van der Waals surface area contributed by atoms with E-state index in [2.05, 4.69) is 4.98 Å². The van der Waals surface area contributed by atoms with E-state index in [9.17, 15) is 4.79 Å². The van der Waals surface area contributed by atoms with Crippen LogP contribution in [0.4, 0.5) is 0 Å². The Bertz CT molecular complexity index is 479. The van der Waals surface area contributed by atoms with E-state index in [0.29, 0.717) is 5.75 Å². The molecule has 0 amide bonds. The van der Waals surface area contributed by atoms with Gasteiger partial charge in [-0.3, -0.25) is 9.78 Å². The van der Waals surface area contributed by atoms with Gasteiger partial charge in [-0.2, -0.15) is 0 Å². The number of hydrogen-bond donors (Lipinski definition) is 0. The summed E-state index contributed by atoms with van der Waals surface area (Å²) in [5.41, 5.74) is 0. The predicted octanol–water partition coefficient (Wildman–Crippen LogP) is 2.16. The van der Waals surface area contributed by atoms with E-state index in [4.69, 9.17) is 4.74 Å². The summed E-state index contributed by atoms with van der Waals surface area (Å²) in [6.45, 7) is 1.38. The van der Waals surface area contributed by atoms with Gasteiger partial charge in [0.2, 0.25) is 0 Å². The van der Waals surface area contributed by atoms with Crippen LogP contribution in [0.5, 0.6) is 5.75 Å². The molecule has 1 aromatic heterocycles. The number of carbonyl (C=O) groups is 1. The third-order valence-electron chi connectivity index (χ3n) is 1.87. The number of rotatable bonds is 1. The summed E-state index contributed by atoms with van der Waals surface area (Å²) in [6, 6.07) is 7.37. The molecule has 0 atom stereocenters. The topological polar surface area (TPSA) is 39.2 Å². The maximum Gasteiger partial charge on any atom is 0.308 e. The Kier molecular flexibility index (Phi) is 2.14. The number of nitrogens with zero attached hydrogens (tertiary/aromatic N) is 1. The van der Waals surface area contributed by atoms with Crippen LogP contribution in [-0.4, -0.2) is 11.0 Å². The number of carbonyl (C=O) groups excluding carboxylic acids is 1. The van der Waals surface area contributed by atoms with Crippen molar-refractivity contribution in [3.05, 3.63) is 36.7 Å². The molecule has 0 aliphatic heterocycles. The quantitative estimate of drug-likeness (QED) is 0.507. The van der Waals surface area contributed by atoms with Gasteiger partial charge in [-0.05, 0) is 23.6 Å². The van der Waals surface area contributed by atoms with Crippen molar-refractivity contribution in [3.63, 3.8) is 0 Å². The molecule has 0 spiro atoms. The van der Waals surface area contributed by atoms with E-state index < -0.39 is 0 Å². The zero-order chi connectivity index (χ0) is 9.97. The van der Waals surface area contributed by atoms with Crippen LogP contribution in [0.1, 0.15) is 6.92 Å². The van der Waals surface area contributed by atoms with E-state index >= 15 is 0 Å². The molecule has 0 fully saturated rings. The molecule has 0 bridgehead atoms. The summed E-state index contributed by atoms with van der Waals surface area (Å²) in [5, 5.41) is 2.04. The third kappa shape index (κ3) is 1.71. The average molecular weight is 187 g/mol. The molecule has 0 saturated carbocycles. The minimum atomic E-state index is -0.312. The molecule has 0 N–H and O–H groups in total. The van der Waals surface area contributed by atoms with Gasteiger partial charge in [-0.25, -0.2) is 0 Å². The summed E-state index contributed by atoms with van der Waals surface area (Å²) >= 11 is 0. The number of fused-ring (bicyclic) bond motifs is 1. The van der Waals surface area contributed by atoms with Gasteiger partial charge in [0.15, 0.2) is 0 Å². The highest BCUT2D eigenvalue weighted by molar-refractivity contribution is 5.83. The van der Waals surface area contributed by atoms with Crippen LogP contribution in [-0.2, 0) is 4.79 Å². The lowest BCUT2D eigenvalue weighted by atomic mass is 10.2. The normalized spacial score (nSPS) is 10.1. The summed E-state index contributed by atoms with van der Waals surface area (Å²) in [7, 11) is 0. The van der Waals surface area contributed by atoms with Crippen molar-refractivity contribution in [1.29, 1.82) is 0 Å². The van der Waals surface area contributed by atoms with Crippen molar-refractivity contribution >= 4 is 16.7 Å². The minimum Gasteiger partial charge on any atom is -0.427 e. The van der Waals surface area contributed by atoms with E-state index in [0.717, 1.165) is 10.8 Å². The van der Waals surface area contributed by atoms with Crippen LogP contribution in [0, 0.1) is 0 Å². The SMILES string of the molecule is CC(=O)Oc1ccc2ccncc2c1. The fraction of sp³-hybridized carbons (Fsp3) is 0.0909.